The van der Waals surface area contributed by atoms with Gasteiger partial charge in [-0.05, 0) is 0 Å². The molecule has 0 aromatic carbocycles. The van der Waals surface area contributed by atoms with Crippen LogP contribution in [0.25, 0.3) is 0 Å². The Kier molecular flexibility index (Phi) is 8.54. The molecule has 11 heteroatoms. The van der Waals surface area contributed by atoms with Gasteiger partial charge in [0.05, 0.1) is 5.25 Å². The number of carbonyl (C=O) groups is 5. The first-order valence-electron chi connectivity index (χ1n) is 7.99. The first-order valence-corrected chi connectivity index (χ1v) is 8.93. The molecule has 0 saturated carbocycles. The fraction of sp³-hybridized carbons (Fsp3) is 0.688. The van der Waals surface area contributed by atoms with Gasteiger partial charge in [-0.15, -0.1) is 11.8 Å². The number of thioether (sulfide) groups is 1. The number of carbonyl (C=O) groups excluding carboxylic acids is 5. The van der Waals surface area contributed by atoms with Crippen LogP contribution in [-0.2, 0) is 47.7 Å². The highest BCUT2D eigenvalue weighted by Gasteiger charge is 2.53. The van der Waals surface area contributed by atoms with Crippen LogP contribution >= 0.6 is 11.8 Å². The summed E-state index contributed by atoms with van der Waals surface area (Å²) in [6.45, 7) is 5.55. The Morgan fingerprint density at radius 1 is 0.630 bits per heavy atom. The Labute approximate surface area is 160 Å². The average molecular weight is 406 g/mol. The summed E-state index contributed by atoms with van der Waals surface area (Å²) in [7, 11) is 0. The first-order chi connectivity index (χ1) is 12.5. The summed E-state index contributed by atoms with van der Waals surface area (Å²) in [6.07, 6.45) is -3.59. The second kappa shape index (κ2) is 10.1. The van der Waals surface area contributed by atoms with E-state index in [1.54, 1.807) is 0 Å². The molecule has 1 heterocycles. The van der Waals surface area contributed by atoms with E-state index in [2.05, 4.69) is 0 Å². The Morgan fingerprint density at radius 3 is 1.52 bits per heavy atom. The lowest BCUT2D eigenvalue weighted by Crippen LogP contribution is -2.59. The Hall–Kier alpha value is -2.30. The normalized spacial score (nSPS) is 27.1. The van der Waals surface area contributed by atoms with Crippen molar-refractivity contribution in [2.75, 3.05) is 6.61 Å². The molecule has 0 aliphatic carbocycles. The lowest BCUT2D eigenvalue weighted by molar-refractivity contribution is -0.195. The van der Waals surface area contributed by atoms with Gasteiger partial charge in [0.15, 0.2) is 23.7 Å². The highest BCUT2D eigenvalue weighted by atomic mass is 32.2. The zero-order valence-corrected chi connectivity index (χ0v) is 16.4. The van der Waals surface area contributed by atoms with E-state index < -0.39 is 58.8 Å². The third-order valence-corrected chi connectivity index (χ3v) is 4.62. The lowest BCUT2D eigenvalue weighted by Gasteiger charge is -2.43. The Balaban J connectivity index is 3.29. The summed E-state index contributed by atoms with van der Waals surface area (Å²) in [4.78, 5) is 57.2. The number of hydrogen-bond acceptors (Lipinski definition) is 11. The third kappa shape index (κ3) is 7.45. The topological polar surface area (TPSA) is 132 Å². The summed E-state index contributed by atoms with van der Waals surface area (Å²) in [5, 5.41) is -0.738. The lowest BCUT2D eigenvalue weighted by atomic mass is 10.0. The van der Waals surface area contributed by atoms with Gasteiger partial charge in [-0.25, -0.2) is 0 Å². The molecule has 1 aliphatic rings. The van der Waals surface area contributed by atoms with E-state index >= 15 is 0 Å². The average Bonchev–Trinajstić information content (AvgIpc) is 2.49. The zero-order chi connectivity index (χ0) is 20.7. The van der Waals surface area contributed by atoms with Crippen LogP contribution in [0.5, 0.6) is 0 Å². The molecular formula is C16H22O10S. The van der Waals surface area contributed by atoms with Crippen molar-refractivity contribution in [2.45, 2.75) is 63.6 Å². The molecule has 5 atom stereocenters. The van der Waals surface area contributed by atoms with Crippen LogP contribution in [0.3, 0.4) is 0 Å². The summed E-state index contributed by atoms with van der Waals surface area (Å²) >= 11 is 0.967. The maximum Gasteiger partial charge on any atom is 0.303 e. The van der Waals surface area contributed by atoms with Crippen molar-refractivity contribution in [2.24, 2.45) is 0 Å². The molecule has 1 rings (SSSR count). The van der Waals surface area contributed by atoms with Crippen LogP contribution in [0.1, 0.15) is 34.6 Å². The molecular weight excluding hydrogens is 384 g/mol. The molecule has 0 aromatic heterocycles. The van der Waals surface area contributed by atoms with Crippen molar-refractivity contribution >= 4 is 41.6 Å². The maximum atomic E-state index is 11.6. The first kappa shape index (κ1) is 22.7. The molecule has 0 amide bonds. The molecule has 1 saturated heterocycles. The molecule has 0 radical (unpaired) electrons. The van der Waals surface area contributed by atoms with Crippen molar-refractivity contribution < 1.29 is 47.7 Å². The predicted octanol–water partition coefficient (Wildman–Crippen LogP) is 0.349. The minimum absolute atomic E-state index is 0.208. The molecule has 10 nitrogen and oxygen atoms in total. The molecule has 0 bridgehead atoms. The largest absolute Gasteiger partial charge is 0.465 e. The highest BCUT2D eigenvalue weighted by Crippen LogP contribution is 2.38. The summed E-state index contributed by atoms with van der Waals surface area (Å²) in [5.41, 5.74) is -1.07. The fourth-order valence-corrected chi connectivity index (χ4v) is 3.86. The van der Waals surface area contributed by atoms with Crippen molar-refractivity contribution in [1.82, 2.24) is 0 Å². The second-order valence-electron chi connectivity index (χ2n) is 5.68. The van der Waals surface area contributed by atoms with Crippen LogP contribution < -0.4 is 0 Å². The summed E-state index contributed by atoms with van der Waals surface area (Å²) in [5.74, 6) is -3.36. The van der Waals surface area contributed by atoms with Gasteiger partial charge >= 0.3 is 29.8 Å². The van der Waals surface area contributed by atoms with E-state index in [-0.39, 0.29) is 6.61 Å². The van der Waals surface area contributed by atoms with Crippen molar-refractivity contribution in [3.63, 3.8) is 0 Å². The van der Waals surface area contributed by atoms with Crippen LogP contribution in [0.4, 0.5) is 0 Å². The zero-order valence-electron chi connectivity index (χ0n) is 15.6. The van der Waals surface area contributed by atoms with Gasteiger partial charge in [0.25, 0.3) is 0 Å². The summed E-state index contributed by atoms with van der Waals surface area (Å²) in [6, 6.07) is 0. The summed E-state index contributed by atoms with van der Waals surface area (Å²) < 4.78 is 25.8. The maximum absolute atomic E-state index is 11.6. The Morgan fingerprint density at radius 2 is 1.07 bits per heavy atom. The minimum Gasteiger partial charge on any atom is -0.465 e. The van der Waals surface area contributed by atoms with Gasteiger partial charge in [0, 0.05) is 34.6 Å². The van der Waals surface area contributed by atoms with Crippen molar-refractivity contribution in [3.05, 3.63) is 0 Å². The van der Waals surface area contributed by atoms with E-state index in [1.807, 2.05) is 0 Å². The number of rotatable bonds is 6. The quantitative estimate of drug-likeness (QED) is 0.447. The van der Waals surface area contributed by atoms with Crippen molar-refractivity contribution in [1.29, 1.82) is 0 Å². The molecule has 0 spiro atoms. The van der Waals surface area contributed by atoms with Gasteiger partial charge in [0.2, 0.25) is 0 Å². The standard InChI is InChI=1S/C16H22O10S/c1-7(17)22-6-12-13(23-8(2)18)14(24-9(3)19)15(25-10(4)20)16(27-12)26-11(5)21/h12-16H,6H2,1-5H3/t12-,13+,14+,15+,16-/m0/s1. The van der Waals surface area contributed by atoms with Gasteiger partial charge in [-0.2, -0.15) is 0 Å². The van der Waals surface area contributed by atoms with Crippen LogP contribution in [0.2, 0.25) is 0 Å². The van der Waals surface area contributed by atoms with Crippen LogP contribution in [0.15, 0.2) is 0 Å². The third-order valence-electron chi connectivity index (χ3n) is 3.23. The molecule has 1 aliphatic heterocycles. The smallest absolute Gasteiger partial charge is 0.303 e. The van der Waals surface area contributed by atoms with E-state index in [4.69, 9.17) is 23.7 Å². The van der Waals surface area contributed by atoms with Gasteiger partial charge in [0.1, 0.15) is 6.61 Å². The monoisotopic (exact) mass is 406 g/mol. The molecule has 1 fully saturated rings. The van der Waals surface area contributed by atoms with Crippen LogP contribution in [-0.4, -0.2) is 65.5 Å². The molecule has 152 valence electrons. The van der Waals surface area contributed by atoms with Gasteiger partial charge < -0.3 is 23.7 Å². The van der Waals surface area contributed by atoms with Crippen LogP contribution in [0, 0.1) is 0 Å². The molecule has 0 unspecified atom stereocenters. The van der Waals surface area contributed by atoms with Crippen molar-refractivity contribution in [3.8, 4) is 0 Å². The second-order valence-corrected chi connectivity index (χ2v) is 7.02. The van der Waals surface area contributed by atoms with E-state index in [9.17, 15) is 24.0 Å². The Bertz CT molecular complexity index is 604. The van der Waals surface area contributed by atoms with E-state index in [0.29, 0.717) is 0 Å². The van der Waals surface area contributed by atoms with Gasteiger partial charge in [-0.3, -0.25) is 24.0 Å². The highest BCUT2D eigenvalue weighted by molar-refractivity contribution is 8.00. The molecule has 27 heavy (non-hydrogen) atoms. The number of hydrogen-bond donors (Lipinski definition) is 0. The van der Waals surface area contributed by atoms with E-state index in [1.165, 1.54) is 6.92 Å². The number of esters is 5. The molecule has 0 N–H and O–H groups in total. The fourth-order valence-electron chi connectivity index (χ4n) is 2.45. The SMILES string of the molecule is CC(=O)OC[C@@H]1S[C@H](OC(C)=O)[C@H](OC(C)=O)[C@H](OC(C)=O)[C@@H]1OC(C)=O. The van der Waals surface area contributed by atoms with E-state index in [0.717, 1.165) is 39.5 Å². The molecule has 0 aromatic rings. The predicted molar refractivity (Wildman–Crippen MR) is 90.2 cm³/mol. The van der Waals surface area contributed by atoms with Gasteiger partial charge in [-0.1, -0.05) is 0 Å². The number of ether oxygens (including phenoxy) is 5. The minimum atomic E-state index is -1.26.